The van der Waals surface area contributed by atoms with Crippen LogP contribution in [0.2, 0.25) is 0 Å². The lowest BCUT2D eigenvalue weighted by molar-refractivity contribution is -0.151. The van der Waals surface area contributed by atoms with Crippen LogP contribution in [0.1, 0.15) is 36.6 Å². The molecule has 0 saturated carbocycles. The average molecular weight is 290 g/mol. The van der Waals surface area contributed by atoms with Gasteiger partial charge in [0.15, 0.2) is 0 Å². The van der Waals surface area contributed by atoms with E-state index in [1.54, 1.807) is 0 Å². The molecule has 1 heterocycles. The molecule has 4 heteroatoms. The van der Waals surface area contributed by atoms with E-state index in [0.717, 1.165) is 13.1 Å². The van der Waals surface area contributed by atoms with Crippen molar-refractivity contribution in [3.05, 3.63) is 34.9 Å². The Kier molecular flexibility index (Phi) is 5.37. The minimum absolute atomic E-state index is 0.123. The molecular weight excluding hydrogens is 264 g/mol. The second-order valence-electron chi connectivity index (χ2n) is 5.75. The van der Waals surface area contributed by atoms with Gasteiger partial charge in [0.1, 0.15) is 6.04 Å². The smallest absolute Gasteiger partial charge is 0.324 e. The predicted molar refractivity (Wildman–Crippen MR) is 84.3 cm³/mol. The largest absolute Gasteiger partial charge is 0.465 e. The summed E-state index contributed by atoms with van der Waals surface area (Å²) < 4.78 is 5.23. The molecule has 116 valence electrons. The minimum atomic E-state index is -0.200. The molecule has 0 amide bonds. The third-order valence-corrected chi connectivity index (χ3v) is 4.23. The molecule has 1 aliphatic heterocycles. The molecule has 1 aliphatic rings. The Balaban J connectivity index is 2.23. The first-order chi connectivity index (χ1) is 10.0. The summed E-state index contributed by atoms with van der Waals surface area (Å²) >= 11 is 0. The van der Waals surface area contributed by atoms with E-state index in [4.69, 9.17) is 4.74 Å². The highest BCUT2D eigenvalue weighted by Gasteiger charge is 2.33. The van der Waals surface area contributed by atoms with Crippen LogP contribution in [0.25, 0.3) is 0 Å². The summed E-state index contributed by atoms with van der Waals surface area (Å²) in [7, 11) is 0. The molecule has 0 bridgehead atoms. The number of carbonyl (C=O) groups is 1. The number of nitrogens with zero attached hydrogens (tertiary/aromatic N) is 1. The maximum absolute atomic E-state index is 12.2. The molecule has 1 aromatic rings. The van der Waals surface area contributed by atoms with Gasteiger partial charge >= 0.3 is 5.97 Å². The standard InChI is InChI=1S/C17H26N2O2/c1-5-21-17(20)16-11-18-8-9-19(16)14(4)15-10-12(2)6-7-13(15)3/h6-7,10,14,16,18H,5,8-9,11H2,1-4H3. The Hall–Kier alpha value is -1.39. The van der Waals surface area contributed by atoms with Crippen LogP contribution < -0.4 is 5.32 Å². The van der Waals surface area contributed by atoms with E-state index < -0.39 is 0 Å². The van der Waals surface area contributed by atoms with E-state index in [9.17, 15) is 4.79 Å². The molecular formula is C17H26N2O2. The summed E-state index contributed by atoms with van der Waals surface area (Å²) in [6, 6.07) is 6.52. The summed E-state index contributed by atoms with van der Waals surface area (Å²) in [6.45, 7) is 11.1. The fraction of sp³-hybridized carbons (Fsp3) is 0.588. The SMILES string of the molecule is CCOC(=O)C1CNCCN1C(C)c1cc(C)ccc1C. The van der Waals surface area contributed by atoms with Crippen LogP contribution in [0, 0.1) is 13.8 Å². The van der Waals surface area contributed by atoms with Crippen molar-refractivity contribution < 1.29 is 9.53 Å². The number of esters is 1. The Morgan fingerprint density at radius 2 is 2.24 bits per heavy atom. The number of piperazine rings is 1. The van der Waals surface area contributed by atoms with Gasteiger partial charge in [0.05, 0.1) is 6.61 Å². The molecule has 2 unspecified atom stereocenters. The molecule has 21 heavy (non-hydrogen) atoms. The van der Waals surface area contributed by atoms with Crippen LogP contribution in [-0.4, -0.2) is 43.2 Å². The zero-order valence-electron chi connectivity index (χ0n) is 13.5. The Morgan fingerprint density at radius 3 is 2.95 bits per heavy atom. The Bertz CT molecular complexity index is 502. The van der Waals surface area contributed by atoms with E-state index in [1.807, 2.05) is 6.92 Å². The first kappa shape index (κ1) is 16.0. The number of hydrogen-bond acceptors (Lipinski definition) is 4. The summed E-state index contributed by atoms with van der Waals surface area (Å²) in [4.78, 5) is 14.5. The van der Waals surface area contributed by atoms with Crippen molar-refractivity contribution in [3.8, 4) is 0 Å². The van der Waals surface area contributed by atoms with Gasteiger partial charge in [0.25, 0.3) is 0 Å². The Labute approximate surface area is 127 Å². The van der Waals surface area contributed by atoms with Gasteiger partial charge in [0, 0.05) is 25.7 Å². The molecule has 0 aliphatic carbocycles. The summed E-state index contributed by atoms with van der Waals surface area (Å²) in [5, 5.41) is 3.29. The number of carbonyl (C=O) groups excluding carboxylic acids is 1. The third kappa shape index (κ3) is 3.63. The highest BCUT2D eigenvalue weighted by molar-refractivity contribution is 5.76. The third-order valence-electron chi connectivity index (χ3n) is 4.23. The number of hydrogen-bond donors (Lipinski definition) is 1. The van der Waals surface area contributed by atoms with Gasteiger partial charge in [-0.25, -0.2) is 0 Å². The zero-order chi connectivity index (χ0) is 15.4. The number of ether oxygens (including phenoxy) is 1. The molecule has 0 radical (unpaired) electrons. The van der Waals surface area contributed by atoms with Gasteiger partial charge in [-0.1, -0.05) is 23.8 Å². The van der Waals surface area contributed by atoms with Crippen molar-refractivity contribution in [1.29, 1.82) is 0 Å². The van der Waals surface area contributed by atoms with Crippen LogP contribution in [-0.2, 0) is 9.53 Å². The molecule has 1 N–H and O–H groups in total. The number of aryl methyl sites for hydroxylation is 2. The second-order valence-corrected chi connectivity index (χ2v) is 5.75. The zero-order valence-corrected chi connectivity index (χ0v) is 13.5. The van der Waals surface area contributed by atoms with Crippen LogP contribution in [0.4, 0.5) is 0 Å². The molecule has 1 saturated heterocycles. The average Bonchev–Trinajstić information content (AvgIpc) is 2.49. The van der Waals surface area contributed by atoms with Gasteiger partial charge < -0.3 is 10.1 Å². The summed E-state index contributed by atoms with van der Waals surface area (Å²) in [5.74, 6) is -0.123. The number of benzene rings is 1. The van der Waals surface area contributed by atoms with Crippen molar-refractivity contribution in [2.45, 2.75) is 39.8 Å². The van der Waals surface area contributed by atoms with Crippen molar-refractivity contribution in [3.63, 3.8) is 0 Å². The lowest BCUT2D eigenvalue weighted by Crippen LogP contribution is -2.56. The Morgan fingerprint density at radius 1 is 1.48 bits per heavy atom. The van der Waals surface area contributed by atoms with E-state index in [2.05, 4.69) is 49.2 Å². The fourth-order valence-electron chi connectivity index (χ4n) is 3.03. The lowest BCUT2D eigenvalue weighted by Gasteiger charge is -2.39. The van der Waals surface area contributed by atoms with Crippen LogP contribution in [0.15, 0.2) is 18.2 Å². The van der Waals surface area contributed by atoms with Crippen LogP contribution in [0.5, 0.6) is 0 Å². The lowest BCUT2D eigenvalue weighted by atomic mass is 9.97. The molecule has 1 fully saturated rings. The topological polar surface area (TPSA) is 41.6 Å². The quantitative estimate of drug-likeness (QED) is 0.863. The van der Waals surface area contributed by atoms with E-state index in [0.29, 0.717) is 13.2 Å². The molecule has 2 rings (SSSR count). The second kappa shape index (κ2) is 7.05. The minimum Gasteiger partial charge on any atom is -0.465 e. The first-order valence-electron chi connectivity index (χ1n) is 7.74. The fourth-order valence-corrected chi connectivity index (χ4v) is 3.03. The molecule has 0 aromatic heterocycles. The maximum atomic E-state index is 12.2. The molecule has 2 atom stereocenters. The monoisotopic (exact) mass is 290 g/mol. The highest BCUT2D eigenvalue weighted by Crippen LogP contribution is 2.27. The van der Waals surface area contributed by atoms with Gasteiger partial charge in [-0.15, -0.1) is 0 Å². The number of rotatable bonds is 4. The molecule has 4 nitrogen and oxygen atoms in total. The van der Waals surface area contributed by atoms with E-state index in [1.165, 1.54) is 16.7 Å². The van der Waals surface area contributed by atoms with Gasteiger partial charge in [0.2, 0.25) is 0 Å². The van der Waals surface area contributed by atoms with E-state index in [-0.39, 0.29) is 18.1 Å². The van der Waals surface area contributed by atoms with Crippen LogP contribution in [0.3, 0.4) is 0 Å². The van der Waals surface area contributed by atoms with Crippen molar-refractivity contribution in [2.24, 2.45) is 0 Å². The van der Waals surface area contributed by atoms with Crippen molar-refractivity contribution >= 4 is 5.97 Å². The first-order valence-corrected chi connectivity index (χ1v) is 7.74. The van der Waals surface area contributed by atoms with Gasteiger partial charge in [-0.05, 0) is 38.8 Å². The maximum Gasteiger partial charge on any atom is 0.324 e. The predicted octanol–water partition coefficient (Wildman–Crippen LogP) is 2.20. The highest BCUT2D eigenvalue weighted by atomic mass is 16.5. The normalized spacial score (nSPS) is 21.0. The number of nitrogens with one attached hydrogen (secondary N) is 1. The van der Waals surface area contributed by atoms with E-state index >= 15 is 0 Å². The molecule has 1 aromatic carbocycles. The van der Waals surface area contributed by atoms with Gasteiger partial charge in [-0.3, -0.25) is 9.69 Å². The summed E-state index contributed by atoms with van der Waals surface area (Å²) in [6.07, 6.45) is 0. The van der Waals surface area contributed by atoms with Crippen LogP contribution >= 0.6 is 0 Å². The van der Waals surface area contributed by atoms with Gasteiger partial charge in [-0.2, -0.15) is 0 Å². The van der Waals surface area contributed by atoms with Crippen molar-refractivity contribution in [1.82, 2.24) is 10.2 Å². The molecule has 0 spiro atoms. The van der Waals surface area contributed by atoms with Crippen molar-refractivity contribution in [2.75, 3.05) is 26.2 Å². The summed E-state index contributed by atoms with van der Waals surface area (Å²) in [5.41, 5.74) is 3.82.